The van der Waals surface area contributed by atoms with Gasteiger partial charge in [0, 0.05) is 25.3 Å². The third-order valence-corrected chi connectivity index (χ3v) is 10.5. The average molecular weight is 643 g/mol. The summed E-state index contributed by atoms with van der Waals surface area (Å²) in [4.78, 5) is 30.5. The molecule has 12 heteroatoms. The minimum atomic E-state index is -4.50. The fraction of sp³-hybridized carbons (Fsp3) is 0.394. The molecule has 0 atom stereocenters. The Morgan fingerprint density at radius 2 is 1.53 bits per heavy atom. The van der Waals surface area contributed by atoms with Gasteiger partial charge in [0.05, 0.1) is 17.1 Å². The average Bonchev–Trinajstić information content (AvgIpc) is 3.26. The fourth-order valence-electron chi connectivity index (χ4n) is 5.98. The number of halogens is 3. The monoisotopic (exact) mass is 642 g/mol. The molecule has 2 fully saturated rings. The van der Waals surface area contributed by atoms with Crippen LogP contribution in [0.1, 0.15) is 50.3 Å². The molecule has 3 aromatic carbocycles. The highest BCUT2D eigenvalue weighted by atomic mass is 32.2. The molecule has 2 amide bonds. The third-order valence-electron chi connectivity index (χ3n) is 8.57. The van der Waals surface area contributed by atoms with Crippen LogP contribution in [0.5, 0.6) is 0 Å². The molecule has 1 spiro atoms. The molecular weight excluding hydrogens is 605 g/mol. The molecule has 240 valence electrons. The fourth-order valence-corrected chi connectivity index (χ4v) is 7.42. The van der Waals surface area contributed by atoms with Crippen LogP contribution in [-0.2, 0) is 37.7 Å². The lowest BCUT2D eigenvalue weighted by molar-refractivity contribution is -0.138. The summed E-state index contributed by atoms with van der Waals surface area (Å²) in [6, 6.07) is 20.9. The van der Waals surface area contributed by atoms with Crippen LogP contribution < -0.4 is 10.2 Å². The summed E-state index contributed by atoms with van der Waals surface area (Å²) in [6.45, 7) is 6.11. The Morgan fingerprint density at radius 3 is 2.13 bits per heavy atom. The van der Waals surface area contributed by atoms with Crippen molar-refractivity contribution in [3.8, 4) is 0 Å². The van der Waals surface area contributed by atoms with Crippen molar-refractivity contribution in [1.82, 2.24) is 14.5 Å². The molecule has 8 nitrogen and oxygen atoms in total. The van der Waals surface area contributed by atoms with Gasteiger partial charge in [0.25, 0.3) is 0 Å². The normalized spacial score (nSPS) is 17.6. The molecule has 0 bridgehead atoms. The Bertz CT molecular complexity index is 1650. The summed E-state index contributed by atoms with van der Waals surface area (Å²) in [5.74, 6) is -0.795. The minimum Gasteiger partial charge on any atom is -0.350 e. The van der Waals surface area contributed by atoms with Gasteiger partial charge in [-0.15, -0.1) is 0 Å². The Labute approximate surface area is 261 Å². The van der Waals surface area contributed by atoms with Gasteiger partial charge in [0.2, 0.25) is 21.8 Å². The number of hydrogen-bond acceptors (Lipinski definition) is 5. The lowest BCUT2D eigenvalue weighted by Crippen LogP contribution is -2.57. The number of hydrogen-bond donors (Lipinski definition) is 1. The van der Waals surface area contributed by atoms with Crippen LogP contribution in [0.3, 0.4) is 0 Å². The number of nitrogens with zero attached hydrogens (tertiary/aromatic N) is 3. The maximum absolute atomic E-state index is 14.0. The van der Waals surface area contributed by atoms with E-state index in [-0.39, 0.29) is 67.5 Å². The zero-order valence-electron chi connectivity index (χ0n) is 25.5. The molecule has 2 aliphatic rings. The van der Waals surface area contributed by atoms with E-state index in [1.807, 2.05) is 47.4 Å². The zero-order chi connectivity index (χ0) is 32.6. The summed E-state index contributed by atoms with van der Waals surface area (Å²) >= 11 is 0. The van der Waals surface area contributed by atoms with Gasteiger partial charge in [-0.3, -0.25) is 9.59 Å². The Balaban J connectivity index is 1.30. The van der Waals surface area contributed by atoms with Crippen molar-refractivity contribution in [3.05, 3.63) is 95.6 Å². The Kier molecular flexibility index (Phi) is 8.76. The highest BCUT2D eigenvalue weighted by Crippen LogP contribution is 2.40. The predicted molar refractivity (Wildman–Crippen MR) is 165 cm³/mol. The molecule has 1 N–H and O–H groups in total. The molecule has 2 saturated heterocycles. The topological polar surface area (TPSA) is 90.0 Å². The zero-order valence-corrected chi connectivity index (χ0v) is 26.3. The first-order chi connectivity index (χ1) is 21.1. The lowest BCUT2D eigenvalue weighted by atomic mass is 9.86. The SMILES string of the molecule is CC(C)(C)c1ccc(S(=O)(=O)N2CCC3(CC2)C(=O)N(CC(=O)NCc2cccc(C(F)(F)F)c2)CN3c2ccccc2)cc1. The summed E-state index contributed by atoms with van der Waals surface area (Å²) in [7, 11) is -3.79. The number of anilines is 1. The van der Waals surface area contributed by atoms with Crippen LogP contribution in [0.4, 0.5) is 18.9 Å². The van der Waals surface area contributed by atoms with E-state index in [2.05, 4.69) is 26.1 Å². The van der Waals surface area contributed by atoms with Crippen LogP contribution in [0, 0.1) is 0 Å². The van der Waals surface area contributed by atoms with Crippen molar-refractivity contribution < 1.29 is 31.2 Å². The number of alkyl halides is 3. The molecule has 3 aromatic rings. The minimum absolute atomic E-state index is 0.112. The molecular formula is C33H37F3N4O4S. The van der Waals surface area contributed by atoms with Crippen molar-refractivity contribution in [1.29, 1.82) is 0 Å². The quantitative estimate of drug-likeness (QED) is 0.385. The number of carbonyl (C=O) groups is 2. The highest BCUT2D eigenvalue weighted by molar-refractivity contribution is 7.89. The van der Waals surface area contributed by atoms with Gasteiger partial charge in [0.1, 0.15) is 12.1 Å². The van der Waals surface area contributed by atoms with E-state index in [9.17, 15) is 31.2 Å². The number of benzene rings is 3. The molecule has 0 aromatic heterocycles. The number of amides is 2. The van der Waals surface area contributed by atoms with Crippen LogP contribution in [0.2, 0.25) is 0 Å². The van der Waals surface area contributed by atoms with Gasteiger partial charge >= 0.3 is 6.18 Å². The van der Waals surface area contributed by atoms with Gasteiger partial charge in [-0.25, -0.2) is 8.42 Å². The molecule has 45 heavy (non-hydrogen) atoms. The van der Waals surface area contributed by atoms with Crippen molar-refractivity contribution in [2.75, 3.05) is 31.2 Å². The highest BCUT2D eigenvalue weighted by Gasteiger charge is 2.55. The van der Waals surface area contributed by atoms with Gasteiger partial charge in [-0.2, -0.15) is 17.5 Å². The summed E-state index contributed by atoms with van der Waals surface area (Å²) in [5, 5.41) is 2.62. The first kappa shape index (κ1) is 32.5. The van der Waals surface area contributed by atoms with E-state index < -0.39 is 33.2 Å². The second-order valence-corrected chi connectivity index (χ2v) is 14.5. The molecule has 0 unspecified atom stereocenters. The maximum atomic E-state index is 14.0. The van der Waals surface area contributed by atoms with E-state index in [1.165, 1.54) is 21.3 Å². The lowest BCUT2D eigenvalue weighted by Gasteiger charge is -2.42. The van der Waals surface area contributed by atoms with Crippen LogP contribution in [0.15, 0.2) is 83.8 Å². The maximum Gasteiger partial charge on any atom is 0.416 e. The van der Waals surface area contributed by atoms with Gasteiger partial charge in [-0.05, 0) is 65.8 Å². The number of carbonyl (C=O) groups excluding carboxylic acids is 2. The molecule has 0 saturated carbocycles. The van der Waals surface area contributed by atoms with Crippen molar-refractivity contribution in [2.24, 2.45) is 0 Å². The van der Waals surface area contributed by atoms with E-state index >= 15 is 0 Å². The van der Waals surface area contributed by atoms with E-state index in [1.54, 1.807) is 12.1 Å². The van der Waals surface area contributed by atoms with Crippen molar-refractivity contribution >= 4 is 27.5 Å². The van der Waals surface area contributed by atoms with Crippen molar-refractivity contribution in [2.45, 2.75) is 62.2 Å². The molecule has 0 aliphatic carbocycles. The van der Waals surface area contributed by atoms with Gasteiger partial charge in [-0.1, -0.05) is 63.2 Å². The summed E-state index contributed by atoms with van der Waals surface area (Å²) < 4.78 is 67.8. The summed E-state index contributed by atoms with van der Waals surface area (Å²) in [6.07, 6.45) is -4.05. The second kappa shape index (κ2) is 12.1. The number of para-hydroxylation sites is 1. The Morgan fingerprint density at radius 1 is 0.889 bits per heavy atom. The number of nitrogens with one attached hydrogen (secondary N) is 1. The van der Waals surface area contributed by atoms with Gasteiger partial charge in [0.15, 0.2) is 0 Å². The molecule has 2 aliphatic heterocycles. The predicted octanol–water partition coefficient (Wildman–Crippen LogP) is 5.15. The van der Waals surface area contributed by atoms with Gasteiger partial charge < -0.3 is 15.1 Å². The van der Waals surface area contributed by atoms with E-state index in [0.29, 0.717) is 0 Å². The molecule has 2 heterocycles. The van der Waals surface area contributed by atoms with Crippen LogP contribution >= 0.6 is 0 Å². The smallest absolute Gasteiger partial charge is 0.350 e. The largest absolute Gasteiger partial charge is 0.416 e. The van der Waals surface area contributed by atoms with Crippen molar-refractivity contribution in [3.63, 3.8) is 0 Å². The standard InChI is InChI=1S/C33H37F3N4O4S/c1-31(2,3)25-12-14-28(15-13-25)45(43,44)39-18-16-32(17-19-39)30(42)38(23-40(32)27-10-5-4-6-11-27)22-29(41)37-21-24-8-7-9-26(20-24)33(34,35)36/h4-15,20H,16-19,21-23H2,1-3H3,(H,37,41). The van der Waals surface area contributed by atoms with E-state index in [0.717, 1.165) is 23.4 Å². The van der Waals surface area contributed by atoms with E-state index in [4.69, 9.17) is 0 Å². The second-order valence-electron chi connectivity index (χ2n) is 12.6. The summed E-state index contributed by atoms with van der Waals surface area (Å²) in [5.41, 5.74) is 0.101. The first-order valence-corrected chi connectivity index (χ1v) is 16.2. The van der Waals surface area contributed by atoms with Crippen LogP contribution in [0.25, 0.3) is 0 Å². The number of rotatable bonds is 7. The number of piperidine rings is 1. The molecule has 5 rings (SSSR count). The van der Waals surface area contributed by atoms with Crippen LogP contribution in [-0.4, -0.2) is 61.3 Å². The third kappa shape index (κ3) is 6.72. The molecule has 0 radical (unpaired) electrons. The Hall–Kier alpha value is -3.90. The first-order valence-electron chi connectivity index (χ1n) is 14.8. The number of sulfonamides is 1.